The summed E-state index contributed by atoms with van der Waals surface area (Å²) in [6, 6.07) is 12.3. The van der Waals surface area contributed by atoms with Crippen molar-refractivity contribution < 1.29 is 9.47 Å². The van der Waals surface area contributed by atoms with Gasteiger partial charge in [-0.25, -0.2) is 0 Å². The second kappa shape index (κ2) is 7.67. The van der Waals surface area contributed by atoms with Crippen molar-refractivity contribution in [2.24, 2.45) is 0 Å². The molecule has 0 spiro atoms. The first-order valence-electron chi connectivity index (χ1n) is 9.85. The van der Waals surface area contributed by atoms with Gasteiger partial charge in [-0.3, -0.25) is 10.2 Å². The number of halogens is 1. The molecule has 0 fully saturated rings. The molecule has 1 aliphatic heterocycles. The summed E-state index contributed by atoms with van der Waals surface area (Å²) in [6.07, 6.45) is 0.140. The molecule has 5 nitrogen and oxygen atoms in total. The maximum atomic E-state index is 6.06. The van der Waals surface area contributed by atoms with Gasteiger partial charge in [0.25, 0.3) is 0 Å². The third kappa shape index (κ3) is 3.81. The molecule has 0 saturated heterocycles. The lowest BCUT2D eigenvalue weighted by Crippen LogP contribution is -2.10. The highest BCUT2D eigenvalue weighted by Gasteiger charge is 2.24. The van der Waals surface area contributed by atoms with Gasteiger partial charge in [-0.1, -0.05) is 22.0 Å². The van der Waals surface area contributed by atoms with Crippen LogP contribution in [0.25, 0.3) is 22.0 Å². The number of aromatic amines is 2. The molecule has 3 N–H and O–H groups in total. The molecule has 152 valence electrons. The Bertz CT molecular complexity index is 1130. The van der Waals surface area contributed by atoms with Gasteiger partial charge in [-0.05, 0) is 75.9 Å². The van der Waals surface area contributed by atoms with E-state index < -0.39 is 0 Å². The van der Waals surface area contributed by atoms with Crippen molar-refractivity contribution >= 4 is 38.2 Å². The van der Waals surface area contributed by atoms with Crippen molar-refractivity contribution in [3.05, 3.63) is 46.4 Å². The Balaban J connectivity index is 1.83. The predicted octanol–water partition coefficient (Wildman–Crippen LogP) is 6.99. The van der Waals surface area contributed by atoms with Gasteiger partial charge in [0.1, 0.15) is 5.82 Å². The number of benzene rings is 2. The third-order valence-corrected chi connectivity index (χ3v) is 5.26. The molecule has 0 radical (unpaired) electrons. The zero-order valence-corrected chi connectivity index (χ0v) is 18.9. The van der Waals surface area contributed by atoms with Crippen LogP contribution in [0.1, 0.15) is 33.3 Å². The Morgan fingerprint density at radius 3 is 2.17 bits per heavy atom. The fourth-order valence-electron chi connectivity index (χ4n) is 3.66. The number of aryl methyl sites for hydroxylation is 1. The molecule has 1 heterocycles. The SMILES string of the molecule is Cc1c2c(Nc3cccc(Br)c3)[nH][nH]c-2c2cc(OC(C)C)c(OC(C)C)cc12. The Hall–Kier alpha value is -2.60. The van der Waals surface area contributed by atoms with Crippen molar-refractivity contribution in [3.8, 4) is 22.8 Å². The van der Waals surface area contributed by atoms with Crippen molar-refractivity contribution in [1.29, 1.82) is 0 Å². The molecule has 0 unspecified atom stereocenters. The monoisotopic (exact) mass is 455 g/mol. The molecule has 1 aliphatic carbocycles. The van der Waals surface area contributed by atoms with Crippen LogP contribution in [0.5, 0.6) is 11.5 Å². The van der Waals surface area contributed by atoms with E-state index in [1.54, 1.807) is 0 Å². The number of nitrogens with one attached hydrogen (secondary N) is 3. The molecule has 0 amide bonds. The summed E-state index contributed by atoms with van der Waals surface area (Å²) in [5.74, 6) is 2.48. The van der Waals surface area contributed by atoms with Gasteiger partial charge < -0.3 is 14.8 Å². The largest absolute Gasteiger partial charge is 0.487 e. The van der Waals surface area contributed by atoms with Crippen molar-refractivity contribution in [2.75, 3.05) is 5.32 Å². The molecule has 2 aromatic rings. The van der Waals surface area contributed by atoms with E-state index in [0.717, 1.165) is 49.5 Å². The first-order chi connectivity index (χ1) is 13.8. The maximum absolute atomic E-state index is 6.06. The fourth-order valence-corrected chi connectivity index (χ4v) is 4.06. The lowest BCUT2D eigenvalue weighted by atomic mass is 10.1. The molecule has 4 rings (SSSR count). The molecule has 0 atom stereocenters. The topological polar surface area (TPSA) is 62.1 Å². The third-order valence-electron chi connectivity index (χ3n) is 4.76. The van der Waals surface area contributed by atoms with E-state index in [1.165, 1.54) is 5.56 Å². The van der Waals surface area contributed by atoms with Crippen LogP contribution in [0.4, 0.5) is 11.5 Å². The summed E-state index contributed by atoms with van der Waals surface area (Å²) in [7, 11) is 0. The second-order valence-electron chi connectivity index (χ2n) is 7.81. The van der Waals surface area contributed by atoms with Gasteiger partial charge in [0.05, 0.1) is 17.9 Å². The van der Waals surface area contributed by atoms with E-state index >= 15 is 0 Å². The standard InChI is InChI=1S/C23H26BrN3O2/c1-12(2)28-19-10-17-14(5)21-22(18(17)11-20(19)29-13(3)4)26-27-23(21)25-16-8-6-7-15(24)9-16/h6-13,25-27H,1-5H3. The number of H-pyrrole nitrogens is 2. The Labute approximate surface area is 179 Å². The van der Waals surface area contributed by atoms with Crippen molar-refractivity contribution in [2.45, 2.75) is 46.8 Å². The summed E-state index contributed by atoms with van der Waals surface area (Å²) in [5, 5.41) is 12.4. The van der Waals surface area contributed by atoms with Crippen LogP contribution < -0.4 is 14.8 Å². The zero-order valence-electron chi connectivity index (χ0n) is 17.3. The highest BCUT2D eigenvalue weighted by Crippen LogP contribution is 2.46. The highest BCUT2D eigenvalue weighted by molar-refractivity contribution is 9.10. The molecular weight excluding hydrogens is 430 g/mol. The minimum absolute atomic E-state index is 0.0671. The fraction of sp³-hybridized carbons (Fsp3) is 0.304. The Morgan fingerprint density at radius 2 is 1.55 bits per heavy atom. The van der Waals surface area contributed by atoms with E-state index in [2.05, 4.69) is 50.5 Å². The summed E-state index contributed by atoms with van der Waals surface area (Å²) in [5.41, 5.74) is 4.39. The predicted molar refractivity (Wildman–Crippen MR) is 123 cm³/mol. The lowest BCUT2D eigenvalue weighted by Gasteiger charge is -2.17. The van der Waals surface area contributed by atoms with E-state index in [9.17, 15) is 0 Å². The summed E-state index contributed by atoms with van der Waals surface area (Å²) in [4.78, 5) is 0. The number of fused-ring (bicyclic) bond motifs is 3. The number of ether oxygens (including phenoxy) is 2. The second-order valence-corrected chi connectivity index (χ2v) is 8.73. The molecule has 29 heavy (non-hydrogen) atoms. The van der Waals surface area contributed by atoms with Gasteiger partial charge >= 0.3 is 0 Å². The Morgan fingerprint density at radius 1 is 0.897 bits per heavy atom. The summed E-state index contributed by atoms with van der Waals surface area (Å²) < 4.78 is 13.1. The first-order valence-corrected chi connectivity index (χ1v) is 10.6. The average Bonchev–Trinajstić information content (AvgIpc) is 3.15. The molecule has 0 saturated carbocycles. The van der Waals surface area contributed by atoms with Crippen LogP contribution >= 0.6 is 15.9 Å². The molecule has 0 bridgehead atoms. The molecule has 2 aliphatic rings. The highest BCUT2D eigenvalue weighted by atomic mass is 79.9. The van der Waals surface area contributed by atoms with Crippen LogP contribution in [0.2, 0.25) is 0 Å². The minimum Gasteiger partial charge on any atom is -0.487 e. The number of aromatic nitrogens is 2. The number of anilines is 2. The van der Waals surface area contributed by atoms with Crippen LogP contribution in [-0.4, -0.2) is 22.4 Å². The average molecular weight is 456 g/mol. The molecule has 0 aromatic heterocycles. The minimum atomic E-state index is 0.0671. The van der Waals surface area contributed by atoms with Crippen LogP contribution in [0, 0.1) is 6.92 Å². The zero-order chi connectivity index (χ0) is 20.7. The maximum Gasteiger partial charge on any atom is 0.162 e. The molecule has 6 heteroatoms. The van der Waals surface area contributed by atoms with E-state index in [0.29, 0.717) is 0 Å². The molecule has 2 aromatic carbocycles. The van der Waals surface area contributed by atoms with E-state index in [1.807, 2.05) is 52.0 Å². The van der Waals surface area contributed by atoms with Gasteiger partial charge in [-0.2, -0.15) is 0 Å². The van der Waals surface area contributed by atoms with Gasteiger partial charge in [0.15, 0.2) is 11.5 Å². The normalized spacial score (nSPS) is 11.7. The summed E-state index contributed by atoms with van der Waals surface area (Å²) >= 11 is 3.53. The number of hydrogen-bond acceptors (Lipinski definition) is 3. The smallest absolute Gasteiger partial charge is 0.162 e. The van der Waals surface area contributed by atoms with Crippen LogP contribution in [0.3, 0.4) is 0 Å². The van der Waals surface area contributed by atoms with Gasteiger partial charge in [-0.15, -0.1) is 0 Å². The van der Waals surface area contributed by atoms with Gasteiger partial charge in [0.2, 0.25) is 0 Å². The summed E-state index contributed by atoms with van der Waals surface area (Å²) in [6.45, 7) is 10.2. The lowest BCUT2D eigenvalue weighted by molar-refractivity contribution is 0.199. The number of hydrogen-bond donors (Lipinski definition) is 3. The van der Waals surface area contributed by atoms with E-state index in [4.69, 9.17) is 9.47 Å². The van der Waals surface area contributed by atoms with Crippen molar-refractivity contribution in [1.82, 2.24) is 10.2 Å². The van der Waals surface area contributed by atoms with Crippen LogP contribution in [0.15, 0.2) is 40.9 Å². The van der Waals surface area contributed by atoms with Crippen molar-refractivity contribution in [3.63, 3.8) is 0 Å². The molecular formula is C23H26BrN3O2. The van der Waals surface area contributed by atoms with Crippen LogP contribution in [-0.2, 0) is 0 Å². The quantitative estimate of drug-likeness (QED) is 0.293. The van der Waals surface area contributed by atoms with Gasteiger partial charge in [0, 0.05) is 21.1 Å². The first kappa shape index (κ1) is 19.7. The van der Waals surface area contributed by atoms with E-state index in [-0.39, 0.29) is 12.2 Å². The number of rotatable bonds is 6. The Kier molecular flexibility index (Phi) is 5.21.